The number of rotatable bonds is 6. The first-order valence-electron chi connectivity index (χ1n) is 9.30. The monoisotopic (exact) mass is 331 g/mol. The number of hydrogen-bond acceptors (Lipinski definition) is 2. The number of primary amides is 1. The Morgan fingerprint density at radius 3 is 2.33 bits per heavy atom. The maximum absolute atomic E-state index is 12.6. The predicted octanol–water partition coefficient (Wildman–Crippen LogP) is 4.58. The molecule has 1 aromatic rings. The Hall–Kier alpha value is -1.51. The van der Waals surface area contributed by atoms with Crippen molar-refractivity contribution in [1.29, 1.82) is 0 Å². The molecule has 1 amide bonds. The van der Waals surface area contributed by atoms with Gasteiger partial charge in [-0.05, 0) is 68.6 Å². The van der Waals surface area contributed by atoms with Gasteiger partial charge in [0.2, 0.25) is 5.91 Å². The third-order valence-electron chi connectivity index (χ3n) is 5.50. The van der Waals surface area contributed by atoms with Crippen LogP contribution < -0.4 is 10.5 Å². The summed E-state index contributed by atoms with van der Waals surface area (Å²) in [4.78, 5) is 12.6. The average molecular weight is 332 g/mol. The van der Waals surface area contributed by atoms with Gasteiger partial charge in [-0.25, -0.2) is 0 Å². The lowest BCUT2D eigenvalue weighted by Crippen LogP contribution is -2.50. The molecule has 3 atom stereocenters. The Labute approximate surface area is 147 Å². The molecule has 3 heteroatoms. The maximum atomic E-state index is 12.6. The molecule has 24 heavy (non-hydrogen) atoms. The molecule has 1 aliphatic rings. The topological polar surface area (TPSA) is 52.3 Å². The number of amides is 1. The molecule has 2 rings (SSSR count). The SMILES string of the molecule is CC1CCC(C(C)C)C(Cc2ccc(OC(C)C)cc2)(C(N)=O)C1. The van der Waals surface area contributed by atoms with E-state index in [9.17, 15) is 4.79 Å². The number of ether oxygens (including phenoxy) is 1. The van der Waals surface area contributed by atoms with Gasteiger partial charge in [-0.2, -0.15) is 0 Å². The number of carbonyl (C=O) groups excluding carboxylic acids is 1. The van der Waals surface area contributed by atoms with Crippen molar-refractivity contribution in [2.45, 2.75) is 66.4 Å². The van der Waals surface area contributed by atoms with E-state index in [2.05, 4.69) is 32.9 Å². The first-order chi connectivity index (χ1) is 11.2. The molecule has 1 aromatic carbocycles. The number of benzene rings is 1. The Balaban J connectivity index is 2.27. The third kappa shape index (κ3) is 4.12. The minimum Gasteiger partial charge on any atom is -0.491 e. The summed E-state index contributed by atoms with van der Waals surface area (Å²) in [5, 5.41) is 0. The molecule has 0 saturated heterocycles. The smallest absolute Gasteiger partial charge is 0.224 e. The highest BCUT2D eigenvalue weighted by Crippen LogP contribution is 2.49. The second-order valence-corrected chi connectivity index (χ2v) is 8.24. The maximum Gasteiger partial charge on any atom is 0.224 e. The van der Waals surface area contributed by atoms with Gasteiger partial charge in [0.15, 0.2) is 0 Å². The van der Waals surface area contributed by atoms with Crippen LogP contribution in [0.4, 0.5) is 0 Å². The molecule has 3 unspecified atom stereocenters. The number of nitrogens with two attached hydrogens (primary N) is 1. The van der Waals surface area contributed by atoms with Gasteiger partial charge < -0.3 is 10.5 Å². The zero-order valence-electron chi connectivity index (χ0n) is 15.8. The van der Waals surface area contributed by atoms with Crippen molar-refractivity contribution in [2.75, 3.05) is 0 Å². The van der Waals surface area contributed by atoms with E-state index < -0.39 is 5.41 Å². The Bertz CT molecular complexity index is 549. The Morgan fingerprint density at radius 1 is 1.21 bits per heavy atom. The summed E-state index contributed by atoms with van der Waals surface area (Å²) in [6.45, 7) is 10.7. The lowest BCUT2D eigenvalue weighted by Gasteiger charge is -2.46. The molecule has 0 heterocycles. The second-order valence-electron chi connectivity index (χ2n) is 8.24. The van der Waals surface area contributed by atoms with Gasteiger partial charge in [0.1, 0.15) is 5.75 Å². The third-order valence-corrected chi connectivity index (χ3v) is 5.50. The van der Waals surface area contributed by atoms with Crippen molar-refractivity contribution in [1.82, 2.24) is 0 Å². The highest BCUT2D eigenvalue weighted by atomic mass is 16.5. The highest BCUT2D eigenvalue weighted by molar-refractivity contribution is 5.81. The van der Waals surface area contributed by atoms with Crippen LogP contribution in [0, 0.1) is 23.2 Å². The van der Waals surface area contributed by atoms with Gasteiger partial charge in [-0.1, -0.05) is 39.3 Å². The molecule has 0 bridgehead atoms. The van der Waals surface area contributed by atoms with Crippen LogP contribution in [0.3, 0.4) is 0 Å². The lowest BCUT2D eigenvalue weighted by molar-refractivity contribution is -0.136. The lowest BCUT2D eigenvalue weighted by atomic mass is 9.57. The fourth-order valence-electron chi connectivity index (χ4n) is 4.48. The van der Waals surface area contributed by atoms with Crippen molar-refractivity contribution in [3.8, 4) is 5.75 Å². The molecule has 1 aliphatic carbocycles. The Kier molecular flexibility index (Phi) is 5.95. The van der Waals surface area contributed by atoms with Crippen LogP contribution >= 0.6 is 0 Å². The van der Waals surface area contributed by atoms with Crippen LogP contribution in [0.25, 0.3) is 0 Å². The van der Waals surface area contributed by atoms with Crippen LogP contribution in [0.1, 0.15) is 59.4 Å². The zero-order chi connectivity index (χ0) is 17.9. The van der Waals surface area contributed by atoms with Crippen molar-refractivity contribution in [2.24, 2.45) is 28.9 Å². The summed E-state index contributed by atoms with van der Waals surface area (Å²) in [6.07, 6.45) is 4.08. The van der Waals surface area contributed by atoms with Crippen molar-refractivity contribution in [3.05, 3.63) is 29.8 Å². The summed E-state index contributed by atoms with van der Waals surface area (Å²) >= 11 is 0. The van der Waals surface area contributed by atoms with E-state index in [-0.39, 0.29) is 12.0 Å². The largest absolute Gasteiger partial charge is 0.491 e. The first kappa shape index (κ1) is 18.8. The summed E-state index contributed by atoms with van der Waals surface area (Å²) in [5.74, 6) is 2.12. The zero-order valence-corrected chi connectivity index (χ0v) is 15.8. The number of carbonyl (C=O) groups is 1. The predicted molar refractivity (Wildman–Crippen MR) is 98.9 cm³/mol. The summed E-state index contributed by atoms with van der Waals surface area (Å²) in [5.41, 5.74) is 6.72. The van der Waals surface area contributed by atoms with E-state index >= 15 is 0 Å². The van der Waals surface area contributed by atoms with Gasteiger partial charge in [0.05, 0.1) is 11.5 Å². The molecule has 1 saturated carbocycles. The van der Waals surface area contributed by atoms with Crippen LogP contribution in [0.2, 0.25) is 0 Å². The molecule has 0 aromatic heterocycles. The van der Waals surface area contributed by atoms with Crippen molar-refractivity contribution in [3.63, 3.8) is 0 Å². The molecule has 0 radical (unpaired) electrons. The van der Waals surface area contributed by atoms with Crippen LogP contribution in [0.15, 0.2) is 24.3 Å². The van der Waals surface area contributed by atoms with Crippen LogP contribution in [0.5, 0.6) is 5.75 Å². The Morgan fingerprint density at radius 2 is 1.83 bits per heavy atom. The fourth-order valence-corrected chi connectivity index (χ4v) is 4.48. The highest BCUT2D eigenvalue weighted by Gasteiger charge is 2.48. The van der Waals surface area contributed by atoms with E-state index in [1.165, 1.54) is 12.0 Å². The van der Waals surface area contributed by atoms with Gasteiger partial charge >= 0.3 is 0 Å². The molecule has 134 valence electrons. The van der Waals surface area contributed by atoms with E-state index in [1.54, 1.807) is 0 Å². The first-order valence-corrected chi connectivity index (χ1v) is 9.30. The van der Waals surface area contributed by atoms with Gasteiger partial charge in [0, 0.05) is 0 Å². The van der Waals surface area contributed by atoms with Crippen molar-refractivity contribution >= 4 is 5.91 Å². The van der Waals surface area contributed by atoms with Crippen molar-refractivity contribution < 1.29 is 9.53 Å². The van der Waals surface area contributed by atoms with Crippen LogP contribution in [-0.4, -0.2) is 12.0 Å². The molecular formula is C21H33NO2. The molecule has 1 fully saturated rings. The standard InChI is InChI=1S/C21H33NO2/c1-14(2)19-11-6-16(5)12-21(19,20(22)23)13-17-7-9-18(10-8-17)24-15(3)4/h7-10,14-16,19H,6,11-13H2,1-5H3,(H2,22,23). The second kappa shape index (κ2) is 7.58. The van der Waals surface area contributed by atoms with E-state index in [4.69, 9.17) is 10.5 Å². The summed E-state index contributed by atoms with van der Waals surface area (Å²) < 4.78 is 5.72. The average Bonchev–Trinajstić information content (AvgIpc) is 2.48. The van der Waals surface area contributed by atoms with Gasteiger partial charge in [0.25, 0.3) is 0 Å². The summed E-state index contributed by atoms with van der Waals surface area (Å²) in [7, 11) is 0. The normalized spacial score (nSPS) is 27.5. The van der Waals surface area contributed by atoms with Crippen LogP contribution in [-0.2, 0) is 11.2 Å². The molecule has 3 nitrogen and oxygen atoms in total. The quantitative estimate of drug-likeness (QED) is 0.829. The van der Waals surface area contributed by atoms with Gasteiger partial charge in [-0.15, -0.1) is 0 Å². The van der Waals surface area contributed by atoms with E-state index in [0.717, 1.165) is 25.0 Å². The molecule has 2 N–H and O–H groups in total. The molecular weight excluding hydrogens is 298 g/mol. The van der Waals surface area contributed by atoms with E-state index in [0.29, 0.717) is 17.8 Å². The fraction of sp³-hybridized carbons (Fsp3) is 0.667. The molecule has 0 aliphatic heterocycles. The van der Waals surface area contributed by atoms with Gasteiger partial charge in [-0.3, -0.25) is 4.79 Å². The molecule has 0 spiro atoms. The minimum absolute atomic E-state index is 0.129. The van der Waals surface area contributed by atoms with E-state index in [1.807, 2.05) is 26.0 Å². The summed E-state index contributed by atoms with van der Waals surface area (Å²) in [6, 6.07) is 8.17. The minimum atomic E-state index is -0.424. The number of hydrogen-bond donors (Lipinski definition) is 1.